The van der Waals surface area contributed by atoms with Crippen LogP contribution in [0.25, 0.3) is 0 Å². The first-order valence-electron chi connectivity index (χ1n) is 8.93. The maximum absolute atomic E-state index is 12.0. The molecule has 0 spiro atoms. The number of rotatable bonds is 8. The van der Waals surface area contributed by atoms with Crippen molar-refractivity contribution in [1.82, 2.24) is 5.32 Å². The van der Waals surface area contributed by atoms with Gasteiger partial charge in [-0.2, -0.15) is 0 Å². The Morgan fingerprint density at radius 2 is 1.67 bits per heavy atom. The van der Waals surface area contributed by atoms with Crippen molar-refractivity contribution in [3.63, 3.8) is 0 Å². The predicted molar refractivity (Wildman–Crippen MR) is 98.3 cm³/mol. The molecular formula is C18H26N2O10. The minimum atomic E-state index is -1.40. The average molecular weight is 430 g/mol. The van der Waals surface area contributed by atoms with Gasteiger partial charge in [-0.3, -0.25) is 19.2 Å². The van der Waals surface area contributed by atoms with Crippen molar-refractivity contribution in [2.75, 3.05) is 13.7 Å². The van der Waals surface area contributed by atoms with Gasteiger partial charge in [-0.25, -0.2) is 4.79 Å². The van der Waals surface area contributed by atoms with Gasteiger partial charge in [0.1, 0.15) is 6.61 Å². The van der Waals surface area contributed by atoms with Crippen molar-refractivity contribution in [3.05, 3.63) is 11.8 Å². The maximum Gasteiger partial charge on any atom is 0.373 e. The first kappa shape index (κ1) is 24.9. The van der Waals surface area contributed by atoms with E-state index < -0.39 is 66.8 Å². The zero-order chi connectivity index (χ0) is 23.0. The average Bonchev–Trinajstić information content (AvgIpc) is 2.63. The van der Waals surface area contributed by atoms with Crippen LogP contribution in [0.15, 0.2) is 11.8 Å². The number of methoxy groups -OCH3 is 1. The zero-order valence-corrected chi connectivity index (χ0v) is 17.3. The molecule has 5 atom stereocenters. The second-order valence-corrected chi connectivity index (χ2v) is 6.43. The van der Waals surface area contributed by atoms with Gasteiger partial charge in [0.15, 0.2) is 18.3 Å². The van der Waals surface area contributed by atoms with Crippen molar-refractivity contribution in [2.24, 2.45) is 5.73 Å². The molecule has 0 aromatic rings. The van der Waals surface area contributed by atoms with E-state index in [1.165, 1.54) is 13.0 Å². The van der Waals surface area contributed by atoms with E-state index in [1.807, 2.05) is 0 Å². The molecule has 1 heterocycles. The SMILES string of the molecule is COC(=O)C1=C[C@@H](N)C(NC(C)=O)C([C@H](OC(C)=O)[C@@H](COC(C)=O)OC(C)=O)O1. The first-order chi connectivity index (χ1) is 14.0. The van der Waals surface area contributed by atoms with Gasteiger partial charge < -0.3 is 34.7 Å². The Morgan fingerprint density at radius 1 is 1.07 bits per heavy atom. The minimum absolute atomic E-state index is 0.289. The summed E-state index contributed by atoms with van der Waals surface area (Å²) < 4.78 is 25.6. The van der Waals surface area contributed by atoms with E-state index in [-0.39, 0.29) is 5.76 Å². The number of hydrogen-bond acceptors (Lipinski definition) is 11. The molecule has 3 N–H and O–H groups in total. The van der Waals surface area contributed by atoms with Gasteiger partial charge >= 0.3 is 23.9 Å². The molecule has 0 aromatic heterocycles. The molecule has 12 nitrogen and oxygen atoms in total. The summed E-state index contributed by atoms with van der Waals surface area (Å²) in [4.78, 5) is 58.3. The molecule has 168 valence electrons. The van der Waals surface area contributed by atoms with E-state index >= 15 is 0 Å². The van der Waals surface area contributed by atoms with Gasteiger partial charge in [0, 0.05) is 27.7 Å². The van der Waals surface area contributed by atoms with E-state index in [2.05, 4.69) is 10.1 Å². The molecule has 1 amide bonds. The molecule has 1 aliphatic rings. The summed E-state index contributed by atoms with van der Waals surface area (Å²) in [5.74, 6) is -3.85. The van der Waals surface area contributed by atoms with Crippen LogP contribution >= 0.6 is 0 Å². The van der Waals surface area contributed by atoms with Crippen LogP contribution in [-0.4, -0.2) is 73.9 Å². The highest BCUT2D eigenvalue weighted by atomic mass is 16.6. The molecule has 0 saturated carbocycles. The molecular weight excluding hydrogens is 404 g/mol. The normalized spacial score (nSPS) is 22.3. The summed E-state index contributed by atoms with van der Waals surface area (Å²) in [6.45, 7) is 4.08. The van der Waals surface area contributed by atoms with E-state index in [4.69, 9.17) is 24.7 Å². The predicted octanol–water partition coefficient (Wildman–Crippen LogP) is -1.30. The summed E-state index contributed by atoms with van der Waals surface area (Å²) in [5, 5.41) is 2.56. The number of esters is 4. The summed E-state index contributed by atoms with van der Waals surface area (Å²) in [6.07, 6.45) is -2.77. The smallest absolute Gasteiger partial charge is 0.373 e. The molecule has 0 saturated heterocycles. The Balaban J connectivity index is 3.41. The fraction of sp³-hybridized carbons (Fsp3) is 0.611. The highest BCUT2D eigenvalue weighted by molar-refractivity contribution is 5.86. The Morgan fingerprint density at radius 3 is 2.13 bits per heavy atom. The molecule has 30 heavy (non-hydrogen) atoms. The fourth-order valence-electron chi connectivity index (χ4n) is 2.81. The quantitative estimate of drug-likeness (QED) is 0.346. The summed E-state index contributed by atoms with van der Waals surface area (Å²) in [7, 11) is 1.12. The Labute approximate surface area is 173 Å². The Bertz CT molecular complexity index is 720. The number of nitrogens with two attached hydrogens (primary N) is 1. The second-order valence-electron chi connectivity index (χ2n) is 6.43. The van der Waals surface area contributed by atoms with Crippen LogP contribution in [-0.2, 0) is 47.7 Å². The molecule has 1 rings (SSSR count). The first-order valence-corrected chi connectivity index (χ1v) is 8.93. The zero-order valence-electron chi connectivity index (χ0n) is 17.3. The summed E-state index contributed by atoms with van der Waals surface area (Å²) in [5.41, 5.74) is 6.08. The lowest BCUT2D eigenvalue weighted by molar-refractivity contribution is -0.187. The lowest BCUT2D eigenvalue weighted by Crippen LogP contribution is -2.63. The van der Waals surface area contributed by atoms with Crippen LogP contribution in [0, 0.1) is 0 Å². The highest BCUT2D eigenvalue weighted by Crippen LogP contribution is 2.26. The van der Waals surface area contributed by atoms with E-state index in [0.29, 0.717) is 0 Å². The molecule has 0 aromatic carbocycles. The molecule has 0 fully saturated rings. The van der Waals surface area contributed by atoms with Gasteiger partial charge in [0.25, 0.3) is 0 Å². The van der Waals surface area contributed by atoms with Crippen LogP contribution in [0.5, 0.6) is 0 Å². The largest absolute Gasteiger partial charge is 0.477 e. The van der Waals surface area contributed by atoms with E-state index in [9.17, 15) is 24.0 Å². The van der Waals surface area contributed by atoms with Crippen molar-refractivity contribution in [1.29, 1.82) is 0 Å². The summed E-state index contributed by atoms with van der Waals surface area (Å²) in [6, 6.07) is -1.94. The van der Waals surface area contributed by atoms with Gasteiger partial charge in [0.05, 0.1) is 19.2 Å². The van der Waals surface area contributed by atoms with E-state index in [0.717, 1.165) is 27.9 Å². The lowest BCUT2D eigenvalue weighted by atomic mass is 9.92. The van der Waals surface area contributed by atoms with Crippen LogP contribution in [0.3, 0.4) is 0 Å². The van der Waals surface area contributed by atoms with Crippen LogP contribution in [0.4, 0.5) is 0 Å². The molecule has 2 unspecified atom stereocenters. The van der Waals surface area contributed by atoms with Gasteiger partial charge in [-0.05, 0) is 6.08 Å². The fourth-order valence-corrected chi connectivity index (χ4v) is 2.81. The van der Waals surface area contributed by atoms with Crippen LogP contribution in [0.1, 0.15) is 27.7 Å². The molecule has 0 bridgehead atoms. The maximum atomic E-state index is 12.0. The third-order valence-corrected chi connectivity index (χ3v) is 3.89. The standard InChI is InChI=1S/C18H26N2O10/c1-8(21)20-15-12(19)6-13(18(25)26-5)30-17(15)16(29-11(4)24)14(28-10(3)23)7-27-9(2)22/h6,12,14-17H,7,19H2,1-5H3,(H,20,21)/t12-,14-,15?,16-,17?/m1/s1. The van der Waals surface area contributed by atoms with Gasteiger partial charge in [-0.15, -0.1) is 0 Å². The third kappa shape index (κ3) is 7.35. The van der Waals surface area contributed by atoms with Gasteiger partial charge in [-0.1, -0.05) is 0 Å². The monoisotopic (exact) mass is 430 g/mol. The number of amides is 1. The molecule has 0 radical (unpaired) electrons. The lowest BCUT2D eigenvalue weighted by Gasteiger charge is -2.40. The molecule has 1 aliphatic heterocycles. The topological polar surface area (TPSA) is 170 Å². The summed E-state index contributed by atoms with van der Waals surface area (Å²) >= 11 is 0. The Kier molecular flexibility index (Phi) is 9.24. The van der Waals surface area contributed by atoms with Crippen molar-refractivity contribution in [3.8, 4) is 0 Å². The third-order valence-electron chi connectivity index (χ3n) is 3.89. The Hall–Kier alpha value is -3.15. The molecule has 0 aliphatic carbocycles. The van der Waals surface area contributed by atoms with Crippen LogP contribution in [0.2, 0.25) is 0 Å². The van der Waals surface area contributed by atoms with E-state index in [1.54, 1.807) is 0 Å². The number of hydrogen-bond donors (Lipinski definition) is 2. The second kappa shape index (κ2) is 11.1. The van der Waals surface area contributed by atoms with Gasteiger partial charge in [0.2, 0.25) is 11.7 Å². The highest BCUT2D eigenvalue weighted by Gasteiger charge is 2.47. The van der Waals surface area contributed by atoms with Crippen molar-refractivity contribution < 1.29 is 47.7 Å². The number of carbonyl (C=O) groups excluding carboxylic acids is 5. The number of nitrogens with one attached hydrogen (secondary N) is 1. The minimum Gasteiger partial charge on any atom is -0.477 e. The molecule has 12 heteroatoms. The number of carbonyl (C=O) groups is 5. The van der Waals surface area contributed by atoms with Crippen molar-refractivity contribution in [2.45, 2.75) is 58.1 Å². The number of ether oxygens (including phenoxy) is 5. The van der Waals surface area contributed by atoms with Crippen LogP contribution < -0.4 is 11.1 Å². The van der Waals surface area contributed by atoms with Crippen molar-refractivity contribution >= 4 is 29.8 Å².